The Morgan fingerprint density at radius 2 is 1.76 bits per heavy atom. The molecule has 1 fully saturated rings. The van der Waals surface area contributed by atoms with Crippen LogP contribution in [0.4, 0.5) is 4.79 Å². The molecule has 1 saturated heterocycles. The Balaban J connectivity index is 1.42. The minimum atomic E-state index is -1.22. The van der Waals surface area contributed by atoms with Crippen LogP contribution in [0.3, 0.4) is 0 Å². The molecule has 3 atom stereocenters. The maximum atomic E-state index is 12.7. The Labute approximate surface area is 200 Å². The quantitative estimate of drug-likeness (QED) is 0.506. The number of unbranched alkanes of at least 4 members (excludes halogenated alkanes) is 1. The average Bonchev–Trinajstić information content (AvgIpc) is 3.18. The number of fused-ring (bicyclic) bond motifs is 3. The van der Waals surface area contributed by atoms with Crippen LogP contribution in [0.15, 0.2) is 48.5 Å². The fourth-order valence-electron chi connectivity index (χ4n) is 4.81. The van der Waals surface area contributed by atoms with Crippen molar-refractivity contribution in [1.29, 1.82) is 0 Å². The predicted octanol–water partition coefficient (Wildman–Crippen LogP) is 5.08. The first-order chi connectivity index (χ1) is 16.6. The second kappa shape index (κ2) is 11.5. The molecule has 2 aliphatic rings. The molecular weight excluding hydrogens is 434 g/mol. The van der Waals surface area contributed by atoms with Gasteiger partial charge in [0.1, 0.15) is 6.61 Å². The van der Waals surface area contributed by atoms with Gasteiger partial charge in [-0.15, -0.1) is 0 Å². The topological polar surface area (TPSA) is 94.1 Å². The van der Waals surface area contributed by atoms with E-state index in [-0.39, 0.29) is 12.5 Å². The Morgan fingerprint density at radius 1 is 1.09 bits per heavy atom. The first kappa shape index (κ1) is 24.2. The molecule has 2 aromatic carbocycles. The normalized spacial score (nSPS) is 19.0. The molecular formula is C27H33NO6. The van der Waals surface area contributed by atoms with Crippen molar-refractivity contribution in [3.8, 4) is 11.1 Å². The van der Waals surface area contributed by atoms with Crippen molar-refractivity contribution < 1.29 is 28.9 Å². The summed E-state index contributed by atoms with van der Waals surface area (Å²) < 4.78 is 17.2. The molecule has 7 heteroatoms. The molecule has 34 heavy (non-hydrogen) atoms. The molecule has 2 unspecified atom stereocenters. The summed E-state index contributed by atoms with van der Waals surface area (Å²) in [5, 5.41) is 12.4. The summed E-state index contributed by atoms with van der Waals surface area (Å²) in [6.07, 6.45) is 2.96. The fraction of sp³-hybridized carbons (Fsp3) is 0.481. The van der Waals surface area contributed by atoms with Gasteiger partial charge in [-0.2, -0.15) is 0 Å². The molecule has 0 spiro atoms. The minimum absolute atomic E-state index is 0.0933. The van der Waals surface area contributed by atoms with Crippen LogP contribution in [0, 0.1) is 0 Å². The molecule has 1 aliphatic carbocycles. The Bertz CT molecular complexity index is 941. The third kappa shape index (κ3) is 5.59. The van der Waals surface area contributed by atoms with Crippen LogP contribution in [0.25, 0.3) is 11.1 Å². The number of carboxylic acid groups (broad SMARTS) is 1. The van der Waals surface area contributed by atoms with E-state index in [0.717, 1.165) is 54.4 Å². The Morgan fingerprint density at radius 3 is 2.35 bits per heavy atom. The van der Waals surface area contributed by atoms with Crippen molar-refractivity contribution in [3.05, 3.63) is 59.7 Å². The number of carbonyl (C=O) groups is 2. The third-order valence-corrected chi connectivity index (χ3v) is 6.56. The first-order valence-corrected chi connectivity index (χ1v) is 12.2. The van der Waals surface area contributed by atoms with E-state index in [0.29, 0.717) is 13.0 Å². The summed E-state index contributed by atoms with van der Waals surface area (Å²) >= 11 is 0. The molecule has 1 heterocycles. The molecule has 0 bridgehead atoms. The van der Waals surface area contributed by atoms with Crippen molar-refractivity contribution in [2.75, 3.05) is 13.2 Å². The number of hydrogen-bond donors (Lipinski definition) is 2. The molecule has 4 rings (SSSR count). The number of nitrogens with one attached hydrogen (secondary N) is 1. The van der Waals surface area contributed by atoms with Gasteiger partial charge in [-0.1, -0.05) is 68.3 Å². The van der Waals surface area contributed by atoms with Gasteiger partial charge in [0, 0.05) is 12.5 Å². The largest absolute Gasteiger partial charge is 0.480 e. The van der Waals surface area contributed by atoms with Crippen molar-refractivity contribution >= 4 is 12.1 Å². The van der Waals surface area contributed by atoms with E-state index >= 15 is 0 Å². The highest BCUT2D eigenvalue weighted by molar-refractivity contribution is 5.81. The lowest BCUT2D eigenvalue weighted by Gasteiger charge is -2.31. The third-order valence-electron chi connectivity index (χ3n) is 6.56. The van der Waals surface area contributed by atoms with Crippen molar-refractivity contribution in [2.24, 2.45) is 0 Å². The van der Waals surface area contributed by atoms with Crippen molar-refractivity contribution in [2.45, 2.75) is 69.8 Å². The molecule has 1 aliphatic heterocycles. The lowest BCUT2D eigenvalue weighted by molar-refractivity contribution is -0.198. The van der Waals surface area contributed by atoms with Gasteiger partial charge in [0.05, 0.1) is 6.10 Å². The van der Waals surface area contributed by atoms with Gasteiger partial charge in [-0.25, -0.2) is 9.59 Å². The van der Waals surface area contributed by atoms with Crippen LogP contribution < -0.4 is 5.32 Å². The lowest BCUT2D eigenvalue weighted by atomic mass is 9.98. The maximum Gasteiger partial charge on any atom is 0.407 e. The zero-order chi connectivity index (χ0) is 23.9. The fourth-order valence-corrected chi connectivity index (χ4v) is 4.81. The number of benzene rings is 2. The number of carboxylic acids is 1. The van der Waals surface area contributed by atoms with Gasteiger partial charge >= 0.3 is 12.1 Å². The van der Waals surface area contributed by atoms with E-state index in [1.54, 1.807) is 0 Å². The van der Waals surface area contributed by atoms with Crippen LogP contribution >= 0.6 is 0 Å². The Kier molecular flexibility index (Phi) is 8.19. The number of rotatable bonds is 10. The van der Waals surface area contributed by atoms with Gasteiger partial charge in [0.2, 0.25) is 0 Å². The summed E-state index contributed by atoms with van der Waals surface area (Å²) in [6, 6.07) is 14.9. The lowest BCUT2D eigenvalue weighted by Crippen LogP contribution is -2.51. The van der Waals surface area contributed by atoms with Crippen LogP contribution in [0.2, 0.25) is 0 Å². The summed E-state index contributed by atoms with van der Waals surface area (Å²) in [6.45, 7) is 2.75. The van der Waals surface area contributed by atoms with E-state index in [2.05, 4.69) is 17.4 Å². The van der Waals surface area contributed by atoms with Crippen LogP contribution in [0.5, 0.6) is 0 Å². The minimum Gasteiger partial charge on any atom is -0.480 e. The SMILES string of the molecule is CCCCC(OC1CCCCO1)[C@H](NC(=O)OCC1c2ccccc2-c2ccccc21)C(=O)O. The molecule has 0 saturated carbocycles. The highest BCUT2D eigenvalue weighted by atomic mass is 16.7. The van der Waals surface area contributed by atoms with Gasteiger partial charge in [-0.05, 0) is 47.9 Å². The first-order valence-electron chi connectivity index (χ1n) is 12.2. The molecule has 0 aromatic heterocycles. The summed E-state index contributed by atoms with van der Waals surface area (Å²) in [5.74, 6) is -1.24. The van der Waals surface area contributed by atoms with Gasteiger partial charge < -0.3 is 24.6 Å². The summed E-state index contributed by atoms with van der Waals surface area (Å²) in [4.78, 5) is 24.8. The number of alkyl carbamates (subject to hydrolysis) is 1. The van der Waals surface area contributed by atoms with Crippen molar-refractivity contribution in [1.82, 2.24) is 5.32 Å². The zero-order valence-electron chi connectivity index (χ0n) is 19.6. The molecule has 2 N–H and O–H groups in total. The van der Waals surface area contributed by atoms with Gasteiger partial charge in [0.25, 0.3) is 0 Å². The smallest absolute Gasteiger partial charge is 0.407 e. The van der Waals surface area contributed by atoms with Crippen molar-refractivity contribution in [3.63, 3.8) is 0 Å². The molecule has 1 amide bonds. The van der Waals surface area contributed by atoms with Crippen LogP contribution in [-0.2, 0) is 19.0 Å². The molecule has 0 radical (unpaired) electrons. The molecule has 7 nitrogen and oxygen atoms in total. The maximum absolute atomic E-state index is 12.7. The van der Waals surface area contributed by atoms with E-state index < -0.39 is 30.5 Å². The number of ether oxygens (including phenoxy) is 3. The van der Waals surface area contributed by atoms with Gasteiger partial charge in [0.15, 0.2) is 12.3 Å². The zero-order valence-corrected chi connectivity index (χ0v) is 19.6. The Hall–Kier alpha value is -2.90. The van der Waals surface area contributed by atoms with E-state index in [9.17, 15) is 14.7 Å². The monoisotopic (exact) mass is 467 g/mol. The summed E-state index contributed by atoms with van der Waals surface area (Å²) in [7, 11) is 0. The highest BCUT2D eigenvalue weighted by Crippen LogP contribution is 2.44. The highest BCUT2D eigenvalue weighted by Gasteiger charge is 2.34. The second-order valence-corrected chi connectivity index (χ2v) is 8.90. The number of carbonyl (C=O) groups excluding carboxylic acids is 1. The van der Waals surface area contributed by atoms with Crippen LogP contribution in [0.1, 0.15) is 62.5 Å². The second-order valence-electron chi connectivity index (χ2n) is 8.90. The average molecular weight is 468 g/mol. The molecule has 2 aromatic rings. The molecule has 182 valence electrons. The predicted molar refractivity (Wildman–Crippen MR) is 128 cm³/mol. The standard InChI is InChI=1S/C27H33NO6/c1-2-3-14-23(34-24-15-8-9-16-32-24)25(26(29)30)28-27(31)33-17-22-20-12-6-4-10-18(20)19-11-5-7-13-21(19)22/h4-7,10-13,22-25H,2-3,8-9,14-17H2,1H3,(H,28,31)(H,29,30)/t23?,24?,25-/m0/s1. The van der Waals surface area contributed by atoms with E-state index in [4.69, 9.17) is 14.2 Å². The summed E-state index contributed by atoms with van der Waals surface area (Å²) in [5.41, 5.74) is 4.47. The van der Waals surface area contributed by atoms with Gasteiger partial charge in [-0.3, -0.25) is 0 Å². The van der Waals surface area contributed by atoms with E-state index in [1.165, 1.54) is 0 Å². The number of aliphatic carboxylic acids is 1. The number of hydrogen-bond acceptors (Lipinski definition) is 5. The van der Waals surface area contributed by atoms with Crippen LogP contribution in [-0.4, -0.2) is 48.8 Å². The van der Waals surface area contributed by atoms with E-state index in [1.807, 2.05) is 43.3 Å². The number of amides is 1.